The van der Waals surface area contributed by atoms with Gasteiger partial charge < -0.3 is 24.5 Å². The molecule has 0 amide bonds. The highest BCUT2D eigenvalue weighted by Crippen LogP contribution is 2.12. The van der Waals surface area contributed by atoms with Crippen molar-refractivity contribution in [2.75, 3.05) is 19.8 Å². The summed E-state index contributed by atoms with van der Waals surface area (Å²) in [5.41, 5.74) is 0.217. The Bertz CT molecular complexity index is 400. The zero-order chi connectivity index (χ0) is 15.8. The van der Waals surface area contributed by atoms with E-state index in [1.165, 1.54) is 0 Å². The van der Waals surface area contributed by atoms with Crippen LogP contribution in [0.4, 0.5) is 0 Å². The number of aliphatic hydroxyl groups excluding tert-OH is 1. The fraction of sp³-hybridized carbons (Fsp3) is 0.538. The summed E-state index contributed by atoms with van der Waals surface area (Å²) in [4.78, 5) is 20.3. The maximum Gasteiger partial charge on any atom is 0.371 e. The second-order valence-corrected chi connectivity index (χ2v) is 5.11. The van der Waals surface area contributed by atoms with E-state index in [0.29, 0.717) is 13.2 Å². The first-order valence-electron chi connectivity index (χ1n) is 5.92. The van der Waals surface area contributed by atoms with Crippen LogP contribution >= 0.6 is 0 Å². The average Bonchev–Trinajstić information content (AvgIpc) is 2.78. The molecule has 0 radical (unpaired) electrons. The van der Waals surface area contributed by atoms with Gasteiger partial charge in [-0.15, -0.1) is 0 Å². The summed E-state index contributed by atoms with van der Waals surface area (Å²) in [5.74, 6) is -3.31. The van der Waals surface area contributed by atoms with Gasteiger partial charge in [0.1, 0.15) is 0 Å². The van der Waals surface area contributed by atoms with E-state index in [4.69, 9.17) is 20.1 Å². The number of furan rings is 1. The normalized spacial score (nSPS) is 10.6. The molecule has 0 saturated carbocycles. The molecule has 114 valence electrons. The molecule has 0 spiro atoms. The number of rotatable bonds is 5. The fourth-order valence-electron chi connectivity index (χ4n) is 1.01. The molecule has 7 heteroatoms. The minimum Gasteiger partial charge on any atom is -0.475 e. The SMILES string of the molecule is CC(C)(C)COCCO.O=C(O)c1ccc(C(=O)O)o1. The van der Waals surface area contributed by atoms with Crippen molar-refractivity contribution in [3.05, 3.63) is 23.7 Å². The Hall–Kier alpha value is -1.86. The van der Waals surface area contributed by atoms with Crippen molar-refractivity contribution in [3.63, 3.8) is 0 Å². The molecule has 0 bridgehead atoms. The van der Waals surface area contributed by atoms with Crippen molar-refractivity contribution < 1.29 is 34.1 Å². The Labute approximate surface area is 116 Å². The Kier molecular flexibility index (Phi) is 7.56. The third-order valence-electron chi connectivity index (χ3n) is 1.80. The molecule has 1 heterocycles. The zero-order valence-electron chi connectivity index (χ0n) is 11.8. The van der Waals surface area contributed by atoms with Crippen LogP contribution in [0.1, 0.15) is 41.9 Å². The van der Waals surface area contributed by atoms with Crippen molar-refractivity contribution in [2.24, 2.45) is 5.41 Å². The van der Waals surface area contributed by atoms with Crippen LogP contribution in [-0.2, 0) is 4.74 Å². The molecule has 0 aliphatic carbocycles. The Morgan fingerprint density at radius 3 is 1.85 bits per heavy atom. The second kappa shape index (κ2) is 8.34. The van der Waals surface area contributed by atoms with Gasteiger partial charge in [-0.3, -0.25) is 0 Å². The van der Waals surface area contributed by atoms with E-state index >= 15 is 0 Å². The molecule has 7 nitrogen and oxygen atoms in total. The summed E-state index contributed by atoms with van der Waals surface area (Å²) in [6, 6.07) is 2.18. The third kappa shape index (κ3) is 8.28. The van der Waals surface area contributed by atoms with Gasteiger partial charge in [0.2, 0.25) is 11.5 Å². The van der Waals surface area contributed by atoms with Gasteiger partial charge in [0, 0.05) is 0 Å². The minimum atomic E-state index is -1.28. The van der Waals surface area contributed by atoms with Crippen LogP contribution < -0.4 is 0 Å². The smallest absolute Gasteiger partial charge is 0.371 e. The van der Waals surface area contributed by atoms with Crippen LogP contribution in [0, 0.1) is 5.41 Å². The first-order chi connectivity index (χ1) is 9.17. The highest BCUT2D eigenvalue weighted by atomic mass is 16.5. The number of aromatic carboxylic acids is 2. The molecule has 0 unspecified atom stereocenters. The molecule has 0 aliphatic heterocycles. The van der Waals surface area contributed by atoms with Gasteiger partial charge >= 0.3 is 11.9 Å². The Balaban J connectivity index is 0.000000370. The molecule has 1 aromatic rings. The summed E-state index contributed by atoms with van der Waals surface area (Å²) < 4.78 is 9.50. The van der Waals surface area contributed by atoms with Crippen molar-refractivity contribution in [3.8, 4) is 0 Å². The summed E-state index contributed by atoms with van der Waals surface area (Å²) in [7, 11) is 0. The fourth-order valence-corrected chi connectivity index (χ4v) is 1.01. The van der Waals surface area contributed by atoms with Crippen LogP contribution in [-0.4, -0.2) is 47.1 Å². The number of ether oxygens (including phenoxy) is 1. The van der Waals surface area contributed by atoms with E-state index in [2.05, 4.69) is 25.2 Å². The molecule has 0 aliphatic rings. The summed E-state index contributed by atoms with van der Waals surface area (Å²) in [5, 5.41) is 24.9. The van der Waals surface area contributed by atoms with Crippen molar-refractivity contribution in [1.82, 2.24) is 0 Å². The Morgan fingerprint density at radius 1 is 1.15 bits per heavy atom. The van der Waals surface area contributed by atoms with Gasteiger partial charge in [0.05, 0.1) is 19.8 Å². The van der Waals surface area contributed by atoms with Crippen LogP contribution in [0.25, 0.3) is 0 Å². The maximum atomic E-state index is 10.2. The Morgan fingerprint density at radius 2 is 1.60 bits per heavy atom. The third-order valence-corrected chi connectivity index (χ3v) is 1.80. The molecule has 0 saturated heterocycles. The van der Waals surface area contributed by atoms with E-state index in [1.54, 1.807) is 0 Å². The second-order valence-electron chi connectivity index (χ2n) is 5.11. The number of aliphatic hydroxyl groups is 1. The standard InChI is InChI=1S/C7H16O2.C6H4O5/c1-7(2,3)6-9-5-4-8;7-5(8)3-1-2-4(11-3)6(9)10/h8H,4-6H2,1-3H3;1-2H,(H,7,8)(H,9,10). The molecule has 0 fully saturated rings. The first-order valence-corrected chi connectivity index (χ1v) is 5.92. The van der Waals surface area contributed by atoms with E-state index in [1.807, 2.05) is 0 Å². The van der Waals surface area contributed by atoms with Gasteiger partial charge in [-0.05, 0) is 17.5 Å². The lowest BCUT2D eigenvalue weighted by Crippen LogP contribution is -2.15. The highest BCUT2D eigenvalue weighted by molar-refractivity contribution is 5.88. The number of carboxylic acids is 2. The lowest BCUT2D eigenvalue weighted by molar-refractivity contribution is 0.0463. The quantitative estimate of drug-likeness (QED) is 0.706. The number of carbonyl (C=O) groups is 2. The largest absolute Gasteiger partial charge is 0.475 e. The lowest BCUT2D eigenvalue weighted by atomic mass is 9.99. The van der Waals surface area contributed by atoms with Gasteiger partial charge in [0.15, 0.2) is 0 Å². The molecule has 0 atom stereocenters. The van der Waals surface area contributed by atoms with Crippen molar-refractivity contribution >= 4 is 11.9 Å². The van der Waals surface area contributed by atoms with Gasteiger partial charge in [-0.2, -0.15) is 0 Å². The molecule has 1 aromatic heterocycles. The number of hydrogen-bond donors (Lipinski definition) is 3. The van der Waals surface area contributed by atoms with Gasteiger partial charge in [-0.1, -0.05) is 20.8 Å². The number of hydrogen-bond acceptors (Lipinski definition) is 5. The predicted molar refractivity (Wildman–Crippen MR) is 70.0 cm³/mol. The van der Waals surface area contributed by atoms with Gasteiger partial charge in [0.25, 0.3) is 0 Å². The van der Waals surface area contributed by atoms with E-state index in [-0.39, 0.29) is 23.5 Å². The molecular weight excluding hydrogens is 268 g/mol. The topological polar surface area (TPSA) is 117 Å². The van der Waals surface area contributed by atoms with Gasteiger partial charge in [-0.25, -0.2) is 9.59 Å². The first kappa shape index (κ1) is 18.1. The highest BCUT2D eigenvalue weighted by Gasteiger charge is 2.12. The molecule has 20 heavy (non-hydrogen) atoms. The van der Waals surface area contributed by atoms with Crippen LogP contribution in [0.2, 0.25) is 0 Å². The predicted octanol–water partition coefficient (Wildman–Crippen LogP) is 1.72. The van der Waals surface area contributed by atoms with E-state index < -0.39 is 11.9 Å². The van der Waals surface area contributed by atoms with Crippen LogP contribution in [0.3, 0.4) is 0 Å². The van der Waals surface area contributed by atoms with Crippen LogP contribution in [0.5, 0.6) is 0 Å². The van der Waals surface area contributed by atoms with E-state index in [9.17, 15) is 9.59 Å². The summed E-state index contributed by atoms with van der Waals surface area (Å²) in [6.07, 6.45) is 0. The van der Waals surface area contributed by atoms with Crippen LogP contribution in [0.15, 0.2) is 16.5 Å². The summed E-state index contributed by atoms with van der Waals surface area (Å²) >= 11 is 0. The molecule has 1 rings (SSSR count). The lowest BCUT2D eigenvalue weighted by Gasteiger charge is -2.17. The van der Waals surface area contributed by atoms with Crippen molar-refractivity contribution in [1.29, 1.82) is 0 Å². The maximum absolute atomic E-state index is 10.2. The van der Waals surface area contributed by atoms with Crippen molar-refractivity contribution in [2.45, 2.75) is 20.8 Å². The number of carboxylic acid groups (broad SMARTS) is 2. The average molecular weight is 288 g/mol. The zero-order valence-corrected chi connectivity index (χ0v) is 11.8. The summed E-state index contributed by atoms with van der Waals surface area (Å²) in [6.45, 7) is 7.60. The molecule has 3 N–H and O–H groups in total. The molecule has 0 aromatic carbocycles. The minimum absolute atomic E-state index is 0.121. The monoisotopic (exact) mass is 288 g/mol. The van der Waals surface area contributed by atoms with E-state index in [0.717, 1.165) is 12.1 Å². The molecular formula is C13H20O7.